The zero-order valence-electron chi connectivity index (χ0n) is 13.5. The highest BCUT2D eigenvalue weighted by atomic mass is 35.5. The Hall–Kier alpha value is -0.700. The van der Waals surface area contributed by atoms with E-state index in [4.69, 9.17) is 30.1 Å². The third-order valence-electron chi connectivity index (χ3n) is 4.66. The number of carbonyl (C=O) groups is 1. The first kappa shape index (κ1) is 19.1. The predicted molar refractivity (Wildman–Crippen MR) is 101 cm³/mol. The van der Waals surface area contributed by atoms with E-state index in [2.05, 4.69) is 25.0 Å². The number of rotatable bonds is 7. The van der Waals surface area contributed by atoms with E-state index in [-0.39, 0.29) is 36.1 Å². The number of fused-ring (bicyclic) bond motifs is 1. The van der Waals surface area contributed by atoms with Crippen LogP contribution in [0.4, 0.5) is 0 Å². The van der Waals surface area contributed by atoms with Gasteiger partial charge >= 0.3 is 5.97 Å². The summed E-state index contributed by atoms with van der Waals surface area (Å²) in [6.07, 6.45) is 4.89. The van der Waals surface area contributed by atoms with Crippen molar-refractivity contribution in [2.75, 3.05) is 6.61 Å². The van der Waals surface area contributed by atoms with Gasteiger partial charge in [-0.2, -0.15) is 0 Å². The minimum atomic E-state index is -0.244. The fourth-order valence-corrected chi connectivity index (χ4v) is 4.08. The summed E-state index contributed by atoms with van der Waals surface area (Å²) < 4.78 is 22.0. The molecule has 7 atom stereocenters. The molecule has 1 heterocycles. The molecule has 0 radical (unpaired) electrons. The lowest BCUT2D eigenvalue weighted by atomic mass is 9.91. The average molecular weight is 403 g/mol. The fourth-order valence-electron chi connectivity index (χ4n) is 3.44. The number of hydrogen-bond donors (Lipinski definition) is 0. The van der Waals surface area contributed by atoms with Gasteiger partial charge in [0.05, 0.1) is 12.5 Å². The molecule has 1 aromatic rings. The zero-order valence-corrected chi connectivity index (χ0v) is 16.6. The molecule has 5 unspecified atom stereocenters. The Kier molecular flexibility index (Phi) is 6.71. The van der Waals surface area contributed by atoms with Crippen LogP contribution in [-0.2, 0) is 18.6 Å². The Bertz CT molecular complexity index is 641. The Morgan fingerprint density at radius 3 is 2.96 bits per heavy atom. The lowest BCUT2D eigenvalue weighted by Gasteiger charge is -2.19. The molecular weight excluding hydrogens is 382 g/mol. The number of halogens is 1. The summed E-state index contributed by atoms with van der Waals surface area (Å²) in [5, 5.41) is 0.625. The van der Waals surface area contributed by atoms with Crippen LogP contribution < -0.4 is 4.74 Å². The topological polar surface area (TPSA) is 54.0 Å². The minimum Gasteiger partial charge on any atom is -0.490 e. The van der Waals surface area contributed by atoms with Gasteiger partial charge in [-0.25, -0.2) is 0 Å². The molecule has 0 aromatic heterocycles. The van der Waals surface area contributed by atoms with Crippen LogP contribution in [0.1, 0.15) is 12.8 Å². The van der Waals surface area contributed by atoms with E-state index in [0.29, 0.717) is 23.8 Å². The lowest BCUT2D eigenvalue weighted by Crippen LogP contribution is -2.21. The van der Waals surface area contributed by atoms with Crippen molar-refractivity contribution in [2.24, 2.45) is 11.8 Å². The molecule has 0 spiro atoms. The summed E-state index contributed by atoms with van der Waals surface area (Å²) >= 11 is 5.95. The van der Waals surface area contributed by atoms with Crippen LogP contribution in [0.3, 0.4) is 0 Å². The van der Waals surface area contributed by atoms with Crippen molar-refractivity contribution in [3.8, 4) is 5.75 Å². The molecule has 5 nitrogen and oxygen atoms in total. The number of esters is 1. The molecule has 0 amide bonds. The van der Waals surface area contributed by atoms with Gasteiger partial charge in [0.25, 0.3) is 0 Å². The van der Waals surface area contributed by atoms with Crippen LogP contribution in [0.25, 0.3) is 0 Å². The van der Waals surface area contributed by atoms with Crippen LogP contribution in [0.2, 0.25) is 5.02 Å². The summed E-state index contributed by atoms with van der Waals surface area (Å²) in [5.41, 5.74) is 0. The van der Waals surface area contributed by atoms with Crippen LogP contribution >= 0.6 is 30.5 Å². The Balaban J connectivity index is 1.60. The summed E-state index contributed by atoms with van der Waals surface area (Å²) in [6, 6.07) is 7.23. The molecule has 8 heteroatoms. The molecule has 1 saturated carbocycles. The van der Waals surface area contributed by atoms with Crippen molar-refractivity contribution >= 4 is 36.5 Å². The number of benzene rings is 1. The van der Waals surface area contributed by atoms with Gasteiger partial charge < -0.3 is 18.5 Å². The normalized spacial score (nSPS) is 29.6. The van der Waals surface area contributed by atoms with E-state index >= 15 is 0 Å². The second kappa shape index (κ2) is 8.79. The van der Waals surface area contributed by atoms with E-state index < -0.39 is 0 Å². The van der Waals surface area contributed by atoms with Gasteiger partial charge in [0.2, 0.25) is 0 Å². The van der Waals surface area contributed by atoms with E-state index in [1.807, 2.05) is 18.2 Å². The number of carbonyl (C=O) groups excluding carboxylic acids is 1. The van der Waals surface area contributed by atoms with Crippen molar-refractivity contribution in [3.05, 3.63) is 41.4 Å². The molecule has 0 N–H and O–H groups in total. The van der Waals surface area contributed by atoms with E-state index in [1.54, 1.807) is 12.1 Å². The van der Waals surface area contributed by atoms with E-state index in [9.17, 15) is 4.79 Å². The Morgan fingerprint density at radius 2 is 2.24 bits per heavy atom. The summed E-state index contributed by atoms with van der Waals surface area (Å²) in [4.78, 5) is 11.5. The molecule has 1 aliphatic carbocycles. The molecule has 3 rings (SSSR count). The third kappa shape index (κ3) is 4.72. The molecule has 0 bridgehead atoms. The standard InChI is InChI=1S/C17H21ClO5P2/c18-10-2-1-3-11(6-10)20-9-12(22-24)4-5-13-14-7-17(19)21-15(14)8-16(13)23-25/h1-6,12-16H,7-9,24-25H2/t12?,13-,14-,15?,16?/m1/s1. The third-order valence-corrected chi connectivity index (χ3v) is 5.59. The molecule has 1 aromatic carbocycles. The number of ether oxygens (including phenoxy) is 2. The Labute approximate surface area is 156 Å². The highest BCUT2D eigenvalue weighted by molar-refractivity contribution is 7.10. The SMILES string of the molecule is O=C1C[C@H]2C(CC(OP)[C@@H]2C=CC(COc2cccc(Cl)c2)OP)O1. The molecule has 1 aliphatic heterocycles. The summed E-state index contributed by atoms with van der Waals surface area (Å²) in [5.74, 6) is 0.838. The lowest BCUT2D eigenvalue weighted by molar-refractivity contribution is -0.141. The van der Waals surface area contributed by atoms with Crippen LogP contribution in [0.5, 0.6) is 5.75 Å². The Morgan fingerprint density at radius 1 is 1.40 bits per heavy atom. The first-order valence-electron chi connectivity index (χ1n) is 8.08. The highest BCUT2D eigenvalue weighted by Crippen LogP contribution is 2.44. The van der Waals surface area contributed by atoms with Gasteiger partial charge in [-0.15, -0.1) is 0 Å². The zero-order chi connectivity index (χ0) is 17.8. The van der Waals surface area contributed by atoms with Crippen molar-refractivity contribution in [1.29, 1.82) is 0 Å². The summed E-state index contributed by atoms with van der Waals surface area (Å²) in [6.45, 7) is 0.350. The molecule has 1 saturated heterocycles. The smallest absolute Gasteiger partial charge is 0.306 e. The van der Waals surface area contributed by atoms with Crippen LogP contribution in [0, 0.1) is 11.8 Å². The molecule has 2 fully saturated rings. The van der Waals surface area contributed by atoms with Crippen LogP contribution in [0.15, 0.2) is 36.4 Å². The van der Waals surface area contributed by atoms with E-state index in [0.717, 1.165) is 6.42 Å². The first-order valence-corrected chi connectivity index (χ1v) is 9.40. The van der Waals surface area contributed by atoms with Crippen LogP contribution in [-0.4, -0.2) is 30.9 Å². The second-order valence-electron chi connectivity index (χ2n) is 6.21. The van der Waals surface area contributed by atoms with Gasteiger partial charge in [0.15, 0.2) is 0 Å². The van der Waals surface area contributed by atoms with Gasteiger partial charge in [0, 0.05) is 42.2 Å². The maximum atomic E-state index is 11.5. The quantitative estimate of drug-likeness (QED) is 0.396. The van der Waals surface area contributed by atoms with Crippen molar-refractivity contribution in [3.63, 3.8) is 0 Å². The minimum absolute atomic E-state index is 0.0170. The maximum absolute atomic E-state index is 11.5. The molecular formula is C17H21ClO5P2. The van der Waals surface area contributed by atoms with Gasteiger partial charge in [-0.1, -0.05) is 29.8 Å². The van der Waals surface area contributed by atoms with Crippen molar-refractivity contribution < 1.29 is 23.3 Å². The van der Waals surface area contributed by atoms with Gasteiger partial charge in [-0.05, 0) is 18.2 Å². The maximum Gasteiger partial charge on any atom is 0.306 e. The van der Waals surface area contributed by atoms with Crippen molar-refractivity contribution in [2.45, 2.75) is 31.2 Å². The molecule has 2 aliphatic rings. The predicted octanol–water partition coefficient (Wildman–Crippen LogP) is 3.58. The van der Waals surface area contributed by atoms with Gasteiger partial charge in [-0.3, -0.25) is 4.79 Å². The average Bonchev–Trinajstić information content (AvgIpc) is 3.11. The second-order valence-corrected chi connectivity index (χ2v) is 7.19. The van der Waals surface area contributed by atoms with Gasteiger partial charge in [0.1, 0.15) is 24.6 Å². The number of hydrogen-bond acceptors (Lipinski definition) is 5. The van der Waals surface area contributed by atoms with Crippen molar-refractivity contribution in [1.82, 2.24) is 0 Å². The monoisotopic (exact) mass is 402 g/mol. The molecule has 25 heavy (non-hydrogen) atoms. The first-order chi connectivity index (χ1) is 12.1. The highest BCUT2D eigenvalue weighted by Gasteiger charge is 2.49. The largest absolute Gasteiger partial charge is 0.490 e. The van der Waals surface area contributed by atoms with E-state index in [1.165, 1.54) is 0 Å². The fraction of sp³-hybridized carbons (Fsp3) is 0.471. The molecule has 136 valence electrons. The summed E-state index contributed by atoms with van der Waals surface area (Å²) in [7, 11) is 4.57.